The molecule has 0 rings (SSSR count). The third kappa shape index (κ3) is 7.35. The largest absolute Gasteiger partial charge is 0.396 e. The summed E-state index contributed by atoms with van der Waals surface area (Å²) in [7, 11) is 0. The smallest absolute Gasteiger partial charge is 0.0494 e. The minimum atomic E-state index is 0.0165. The Labute approximate surface area is 86.5 Å². The molecule has 80 valence electrons. The van der Waals surface area contributed by atoms with Crippen LogP contribution in [0.15, 0.2) is 0 Å². The van der Waals surface area contributed by atoms with Crippen molar-refractivity contribution < 1.29 is 5.11 Å². The minimum Gasteiger partial charge on any atom is -0.396 e. The number of hydrogen-bond donors (Lipinski definition) is 2. The molecule has 0 radical (unpaired) electrons. The van der Waals surface area contributed by atoms with E-state index in [-0.39, 0.29) is 12.0 Å². The van der Waals surface area contributed by atoms with Crippen molar-refractivity contribution in [1.29, 1.82) is 0 Å². The van der Waals surface area contributed by atoms with Crippen molar-refractivity contribution in [2.45, 2.75) is 32.4 Å². The van der Waals surface area contributed by atoms with E-state index in [1.54, 1.807) is 0 Å². The molecule has 0 amide bonds. The normalized spacial score (nSPS) is 14.5. The first-order chi connectivity index (χ1) is 6.02. The van der Waals surface area contributed by atoms with Crippen LogP contribution < -0.4 is 5.32 Å². The highest BCUT2D eigenvalue weighted by Crippen LogP contribution is 2.12. The molecule has 0 saturated heterocycles. The van der Waals surface area contributed by atoms with Gasteiger partial charge in [-0.05, 0) is 19.2 Å². The summed E-state index contributed by atoms with van der Waals surface area (Å²) in [5.41, 5.74) is 0.0165. The van der Waals surface area contributed by atoms with Gasteiger partial charge >= 0.3 is 0 Å². The van der Waals surface area contributed by atoms with E-state index in [1.165, 1.54) is 6.42 Å². The van der Waals surface area contributed by atoms with E-state index < -0.39 is 0 Å². The van der Waals surface area contributed by atoms with Gasteiger partial charge in [0.1, 0.15) is 0 Å². The number of hydrogen-bond acceptors (Lipinski definition) is 3. The zero-order valence-electron chi connectivity index (χ0n) is 9.26. The van der Waals surface area contributed by atoms with E-state index in [9.17, 15) is 0 Å². The van der Waals surface area contributed by atoms with Gasteiger partial charge in [0, 0.05) is 23.8 Å². The molecule has 0 saturated carbocycles. The Bertz CT molecular complexity index is 128. The third-order valence-electron chi connectivity index (χ3n) is 2.16. The van der Waals surface area contributed by atoms with Crippen molar-refractivity contribution in [1.82, 2.24) is 5.32 Å². The number of nitrogens with one attached hydrogen (secondary N) is 1. The molecule has 0 aromatic rings. The number of aliphatic hydroxyl groups excluding tert-OH is 1. The maximum absolute atomic E-state index is 9.00. The van der Waals surface area contributed by atoms with Gasteiger partial charge in [-0.2, -0.15) is 11.8 Å². The summed E-state index contributed by atoms with van der Waals surface area (Å²) < 4.78 is 0. The maximum Gasteiger partial charge on any atom is 0.0494 e. The SMILES string of the molecule is CSC(C)CCNCC(C)(C)CO. The summed E-state index contributed by atoms with van der Waals surface area (Å²) in [5.74, 6) is 0. The summed E-state index contributed by atoms with van der Waals surface area (Å²) in [5, 5.41) is 13.1. The van der Waals surface area contributed by atoms with Gasteiger partial charge < -0.3 is 10.4 Å². The van der Waals surface area contributed by atoms with Gasteiger partial charge in [-0.15, -0.1) is 0 Å². The maximum atomic E-state index is 9.00. The molecule has 0 aromatic heterocycles. The second-order valence-corrected chi connectivity index (χ2v) is 5.61. The van der Waals surface area contributed by atoms with Crippen LogP contribution in [-0.4, -0.2) is 36.3 Å². The first-order valence-electron chi connectivity index (χ1n) is 4.86. The zero-order valence-corrected chi connectivity index (χ0v) is 10.1. The molecule has 0 bridgehead atoms. The summed E-state index contributed by atoms with van der Waals surface area (Å²) >= 11 is 1.90. The zero-order chi connectivity index (χ0) is 10.3. The molecule has 3 heteroatoms. The predicted molar refractivity (Wildman–Crippen MR) is 61.3 cm³/mol. The van der Waals surface area contributed by atoms with E-state index in [1.807, 2.05) is 11.8 Å². The predicted octanol–water partition coefficient (Wildman–Crippen LogP) is 1.74. The summed E-state index contributed by atoms with van der Waals surface area (Å²) in [6.07, 6.45) is 3.34. The van der Waals surface area contributed by atoms with Gasteiger partial charge in [-0.1, -0.05) is 20.8 Å². The van der Waals surface area contributed by atoms with Crippen LogP contribution in [0.1, 0.15) is 27.2 Å². The Balaban J connectivity index is 3.35. The van der Waals surface area contributed by atoms with E-state index in [0.717, 1.165) is 18.3 Å². The average molecular weight is 205 g/mol. The topological polar surface area (TPSA) is 32.3 Å². The lowest BCUT2D eigenvalue weighted by Gasteiger charge is -2.22. The molecule has 0 spiro atoms. The standard InChI is InChI=1S/C10H23NOS/c1-9(13-4)5-6-11-7-10(2,3)8-12/h9,11-12H,5-8H2,1-4H3. The summed E-state index contributed by atoms with van der Waals surface area (Å²) in [4.78, 5) is 0. The highest BCUT2D eigenvalue weighted by atomic mass is 32.2. The lowest BCUT2D eigenvalue weighted by molar-refractivity contribution is 0.157. The third-order valence-corrected chi connectivity index (χ3v) is 3.20. The van der Waals surface area contributed by atoms with Crippen LogP contribution in [0.2, 0.25) is 0 Å². The van der Waals surface area contributed by atoms with Crippen molar-refractivity contribution in [3.8, 4) is 0 Å². The van der Waals surface area contributed by atoms with Crippen molar-refractivity contribution >= 4 is 11.8 Å². The minimum absolute atomic E-state index is 0.0165. The lowest BCUT2D eigenvalue weighted by atomic mass is 9.95. The van der Waals surface area contributed by atoms with E-state index in [4.69, 9.17) is 5.11 Å². The lowest BCUT2D eigenvalue weighted by Crippen LogP contribution is -2.33. The second-order valence-electron chi connectivity index (χ2n) is 4.33. The van der Waals surface area contributed by atoms with Gasteiger partial charge in [0.15, 0.2) is 0 Å². The van der Waals surface area contributed by atoms with Gasteiger partial charge in [0.05, 0.1) is 0 Å². The highest BCUT2D eigenvalue weighted by molar-refractivity contribution is 7.99. The fraction of sp³-hybridized carbons (Fsp3) is 1.00. The van der Waals surface area contributed by atoms with Crippen LogP contribution >= 0.6 is 11.8 Å². The number of aliphatic hydroxyl groups is 1. The molecule has 0 aliphatic heterocycles. The molecule has 0 fully saturated rings. The number of thioether (sulfide) groups is 1. The molecule has 0 aliphatic carbocycles. The second kappa shape index (κ2) is 6.68. The van der Waals surface area contributed by atoms with E-state index in [2.05, 4.69) is 32.3 Å². The van der Waals surface area contributed by atoms with E-state index in [0.29, 0.717) is 0 Å². The molecule has 1 unspecified atom stereocenters. The van der Waals surface area contributed by atoms with Gasteiger partial charge in [-0.25, -0.2) is 0 Å². The summed E-state index contributed by atoms with van der Waals surface area (Å²) in [6.45, 7) is 8.56. The van der Waals surface area contributed by atoms with Crippen LogP contribution in [0.3, 0.4) is 0 Å². The first kappa shape index (κ1) is 13.3. The Morgan fingerprint density at radius 2 is 2.08 bits per heavy atom. The molecule has 13 heavy (non-hydrogen) atoms. The van der Waals surface area contributed by atoms with Crippen molar-refractivity contribution in [3.05, 3.63) is 0 Å². The van der Waals surface area contributed by atoms with E-state index >= 15 is 0 Å². The monoisotopic (exact) mass is 205 g/mol. The Morgan fingerprint density at radius 1 is 1.46 bits per heavy atom. The van der Waals surface area contributed by atoms with Crippen LogP contribution in [0.4, 0.5) is 0 Å². The Morgan fingerprint density at radius 3 is 2.54 bits per heavy atom. The molecule has 2 nitrogen and oxygen atoms in total. The average Bonchev–Trinajstić information content (AvgIpc) is 2.12. The Kier molecular flexibility index (Phi) is 6.82. The molecular formula is C10H23NOS. The Hall–Kier alpha value is 0.270. The van der Waals surface area contributed by atoms with Crippen LogP contribution in [0.25, 0.3) is 0 Å². The highest BCUT2D eigenvalue weighted by Gasteiger charge is 2.15. The van der Waals surface area contributed by atoms with Crippen LogP contribution in [0.5, 0.6) is 0 Å². The molecule has 0 aliphatic rings. The van der Waals surface area contributed by atoms with Crippen LogP contribution in [0, 0.1) is 5.41 Å². The van der Waals surface area contributed by atoms with Crippen molar-refractivity contribution in [2.75, 3.05) is 26.0 Å². The molecule has 2 N–H and O–H groups in total. The molecule has 1 atom stereocenters. The fourth-order valence-electron chi connectivity index (χ4n) is 0.906. The molecule has 0 heterocycles. The van der Waals surface area contributed by atoms with Gasteiger partial charge in [0.25, 0.3) is 0 Å². The van der Waals surface area contributed by atoms with Crippen LogP contribution in [-0.2, 0) is 0 Å². The van der Waals surface area contributed by atoms with Crippen molar-refractivity contribution in [3.63, 3.8) is 0 Å². The molecular weight excluding hydrogens is 182 g/mol. The van der Waals surface area contributed by atoms with Gasteiger partial charge in [-0.3, -0.25) is 0 Å². The quantitative estimate of drug-likeness (QED) is 0.621. The molecule has 0 aromatic carbocycles. The van der Waals surface area contributed by atoms with Gasteiger partial charge in [0.2, 0.25) is 0 Å². The number of rotatable bonds is 7. The summed E-state index contributed by atoms with van der Waals surface area (Å²) in [6, 6.07) is 0. The van der Waals surface area contributed by atoms with Crippen molar-refractivity contribution in [2.24, 2.45) is 5.41 Å². The first-order valence-corrected chi connectivity index (χ1v) is 6.15. The fourth-order valence-corrected chi connectivity index (χ4v) is 1.26.